The van der Waals surface area contributed by atoms with Crippen LogP contribution in [0.2, 0.25) is 0 Å². The van der Waals surface area contributed by atoms with E-state index in [1.165, 1.54) is 51.6 Å². The number of guanidine groups is 1. The molecule has 0 spiro atoms. The summed E-state index contributed by atoms with van der Waals surface area (Å²) in [4.78, 5) is 7.05. The summed E-state index contributed by atoms with van der Waals surface area (Å²) in [5.41, 5.74) is 0.906. The number of nitrogens with one attached hydrogen (secondary N) is 2. The molecule has 6 heteroatoms. The van der Waals surface area contributed by atoms with E-state index in [0.29, 0.717) is 11.8 Å². The van der Waals surface area contributed by atoms with Crippen LogP contribution in [0.5, 0.6) is 11.5 Å². The molecule has 1 saturated heterocycles. The first kappa shape index (κ1) is 19.8. The number of phenols is 1. The zero-order chi connectivity index (χ0) is 19.1. The van der Waals surface area contributed by atoms with Crippen molar-refractivity contribution in [3.8, 4) is 11.5 Å². The van der Waals surface area contributed by atoms with Crippen molar-refractivity contribution in [2.24, 2.45) is 4.99 Å². The summed E-state index contributed by atoms with van der Waals surface area (Å²) in [6, 6.07) is 6.76. The Balaban J connectivity index is 1.39. The number of phenolic OH excluding ortho intramolecular Hbond substituents is 1. The average Bonchev–Trinajstić information content (AvgIpc) is 3.23. The lowest BCUT2D eigenvalue weighted by atomic mass is 10.0. The lowest BCUT2D eigenvalue weighted by Gasteiger charge is -2.36. The Hall–Kier alpha value is -1.95. The van der Waals surface area contributed by atoms with E-state index >= 15 is 0 Å². The highest BCUT2D eigenvalue weighted by atomic mass is 16.5. The van der Waals surface area contributed by atoms with Gasteiger partial charge in [0.1, 0.15) is 11.5 Å². The van der Waals surface area contributed by atoms with Crippen molar-refractivity contribution >= 4 is 5.96 Å². The van der Waals surface area contributed by atoms with Gasteiger partial charge in [-0.2, -0.15) is 0 Å². The summed E-state index contributed by atoms with van der Waals surface area (Å²) in [7, 11) is 3.41. The number of nitrogens with zero attached hydrogens (tertiary/aromatic N) is 2. The number of aromatic hydroxyl groups is 1. The first-order valence-corrected chi connectivity index (χ1v) is 10.3. The number of hydrogen-bond donors (Lipinski definition) is 3. The van der Waals surface area contributed by atoms with Gasteiger partial charge in [0.15, 0.2) is 5.96 Å². The molecule has 1 saturated carbocycles. The Labute approximate surface area is 163 Å². The van der Waals surface area contributed by atoms with Gasteiger partial charge in [0.2, 0.25) is 0 Å². The maximum atomic E-state index is 10.1. The number of hydrogen-bond acceptors (Lipinski definition) is 4. The minimum atomic E-state index is 0.276. The average molecular weight is 375 g/mol. The summed E-state index contributed by atoms with van der Waals surface area (Å²) in [5.74, 6) is 1.80. The van der Waals surface area contributed by atoms with E-state index < -0.39 is 0 Å². The van der Waals surface area contributed by atoms with E-state index in [1.807, 2.05) is 19.2 Å². The molecule has 0 aromatic heterocycles. The minimum Gasteiger partial charge on any atom is -0.508 e. The van der Waals surface area contributed by atoms with E-state index in [0.717, 1.165) is 30.5 Å². The van der Waals surface area contributed by atoms with Crippen molar-refractivity contribution in [1.82, 2.24) is 15.5 Å². The lowest BCUT2D eigenvalue weighted by molar-refractivity contribution is 0.150. The largest absolute Gasteiger partial charge is 0.508 e. The molecule has 3 N–H and O–H groups in total. The molecule has 0 amide bonds. The van der Waals surface area contributed by atoms with E-state index in [-0.39, 0.29) is 5.75 Å². The van der Waals surface area contributed by atoms with Gasteiger partial charge < -0.3 is 25.4 Å². The van der Waals surface area contributed by atoms with E-state index in [4.69, 9.17) is 4.74 Å². The van der Waals surface area contributed by atoms with Crippen LogP contribution in [-0.4, -0.2) is 61.8 Å². The molecule has 1 aliphatic carbocycles. The Morgan fingerprint density at radius 2 is 1.96 bits per heavy atom. The van der Waals surface area contributed by atoms with Gasteiger partial charge in [-0.3, -0.25) is 4.99 Å². The van der Waals surface area contributed by atoms with Crippen LogP contribution in [0.1, 0.15) is 44.1 Å². The fraction of sp³-hybridized carbons (Fsp3) is 0.667. The van der Waals surface area contributed by atoms with Gasteiger partial charge in [-0.1, -0.05) is 18.9 Å². The van der Waals surface area contributed by atoms with Crippen molar-refractivity contribution in [3.63, 3.8) is 0 Å². The maximum absolute atomic E-state index is 10.1. The second-order valence-electron chi connectivity index (χ2n) is 7.64. The number of ether oxygens (including phenoxy) is 1. The van der Waals surface area contributed by atoms with Crippen molar-refractivity contribution in [3.05, 3.63) is 23.8 Å². The van der Waals surface area contributed by atoms with Gasteiger partial charge in [-0.05, 0) is 43.7 Å². The molecule has 150 valence electrons. The third kappa shape index (κ3) is 5.51. The molecule has 3 rings (SSSR count). The van der Waals surface area contributed by atoms with Gasteiger partial charge in [-0.15, -0.1) is 0 Å². The smallest absolute Gasteiger partial charge is 0.191 e. The van der Waals surface area contributed by atoms with Crippen molar-refractivity contribution in [1.29, 1.82) is 0 Å². The lowest BCUT2D eigenvalue weighted by Crippen LogP contribution is -2.50. The van der Waals surface area contributed by atoms with Gasteiger partial charge in [0.25, 0.3) is 0 Å². The van der Waals surface area contributed by atoms with Crippen LogP contribution in [-0.2, 0) is 6.42 Å². The van der Waals surface area contributed by atoms with Gasteiger partial charge >= 0.3 is 0 Å². The molecule has 1 heterocycles. The Morgan fingerprint density at radius 3 is 2.59 bits per heavy atom. The van der Waals surface area contributed by atoms with E-state index in [2.05, 4.69) is 20.5 Å². The van der Waals surface area contributed by atoms with Crippen molar-refractivity contribution < 1.29 is 9.84 Å². The first-order valence-electron chi connectivity index (χ1n) is 10.3. The quantitative estimate of drug-likeness (QED) is 0.527. The fourth-order valence-corrected chi connectivity index (χ4v) is 4.26. The Morgan fingerprint density at radius 1 is 1.22 bits per heavy atom. The van der Waals surface area contributed by atoms with Crippen LogP contribution in [0, 0.1) is 0 Å². The molecular weight excluding hydrogens is 340 g/mol. The van der Waals surface area contributed by atoms with E-state index in [9.17, 15) is 5.11 Å². The summed E-state index contributed by atoms with van der Waals surface area (Å²) in [6.45, 7) is 3.11. The highest BCUT2D eigenvalue weighted by Gasteiger charge is 2.27. The summed E-state index contributed by atoms with van der Waals surface area (Å²) in [6.07, 6.45) is 8.68. The molecule has 2 fully saturated rings. The van der Waals surface area contributed by atoms with Crippen LogP contribution in [0.15, 0.2) is 23.2 Å². The zero-order valence-electron chi connectivity index (χ0n) is 16.7. The third-order valence-corrected chi connectivity index (χ3v) is 5.91. The number of rotatable bonds is 6. The Bertz CT molecular complexity index is 621. The third-order valence-electron chi connectivity index (χ3n) is 5.91. The van der Waals surface area contributed by atoms with Crippen LogP contribution in [0.25, 0.3) is 0 Å². The first-order chi connectivity index (χ1) is 13.2. The summed E-state index contributed by atoms with van der Waals surface area (Å²) >= 11 is 0. The molecule has 1 aromatic rings. The standard InChI is InChI=1S/C21H34N4O2/c1-22-21(23-12-9-16-7-8-19(27-2)15-20(16)26)24-17-10-13-25(14-11-17)18-5-3-4-6-18/h7-8,15,17-18,26H,3-6,9-14H2,1-2H3,(H2,22,23,24). The number of aliphatic imine (C=N–C) groups is 1. The SMILES string of the molecule is CN=C(NCCc1ccc(OC)cc1O)NC1CCN(C2CCCC2)CC1. The molecule has 0 atom stereocenters. The molecule has 0 unspecified atom stereocenters. The van der Waals surface area contributed by atoms with Gasteiger partial charge in [0, 0.05) is 44.8 Å². The highest BCUT2D eigenvalue weighted by Crippen LogP contribution is 2.26. The number of likely N-dealkylation sites (tertiary alicyclic amines) is 1. The summed E-state index contributed by atoms with van der Waals surface area (Å²) < 4.78 is 5.13. The molecule has 2 aliphatic rings. The molecule has 6 nitrogen and oxygen atoms in total. The zero-order valence-corrected chi connectivity index (χ0v) is 16.7. The predicted molar refractivity (Wildman–Crippen MR) is 110 cm³/mol. The van der Waals surface area contributed by atoms with Crippen molar-refractivity contribution in [2.75, 3.05) is 33.8 Å². The molecule has 1 aromatic carbocycles. The second kappa shape index (κ2) is 9.83. The second-order valence-corrected chi connectivity index (χ2v) is 7.64. The molecule has 0 bridgehead atoms. The molecule has 1 aliphatic heterocycles. The summed E-state index contributed by atoms with van der Waals surface area (Å²) in [5, 5.41) is 17.0. The van der Waals surface area contributed by atoms with Crippen LogP contribution in [0.3, 0.4) is 0 Å². The normalized spacial score (nSPS) is 20.0. The van der Waals surface area contributed by atoms with Gasteiger partial charge in [-0.25, -0.2) is 0 Å². The van der Waals surface area contributed by atoms with Gasteiger partial charge in [0.05, 0.1) is 7.11 Å². The molecule has 27 heavy (non-hydrogen) atoms. The fourth-order valence-electron chi connectivity index (χ4n) is 4.26. The highest BCUT2D eigenvalue weighted by molar-refractivity contribution is 5.80. The van der Waals surface area contributed by atoms with Crippen molar-refractivity contribution in [2.45, 2.75) is 57.0 Å². The molecule has 0 radical (unpaired) electrons. The number of methoxy groups -OCH3 is 1. The topological polar surface area (TPSA) is 69.1 Å². The predicted octanol–water partition coefficient (Wildman–Crippen LogP) is 2.52. The molecular formula is C21H34N4O2. The minimum absolute atomic E-state index is 0.276. The van der Waals surface area contributed by atoms with Crippen LogP contribution >= 0.6 is 0 Å². The maximum Gasteiger partial charge on any atom is 0.191 e. The Kier molecular flexibility index (Phi) is 7.21. The van der Waals surface area contributed by atoms with E-state index in [1.54, 1.807) is 13.2 Å². The monoisotopic (exact) mass is 374 g/mol. The number of benzene rings is 1. The number of piperidine rings is 1. The van der Waals surface area contributed by atoms with Crippen LogP contribution in [0.4, 0.5) is 0 Å². The van der Waals surface area contributed by atoms with Crippen LogP contribution < -0.4 is 15.4 Å².